The van der Waals surface area contributed by atoms with Gasteiger partial charge in [-0.1, -0.05) is 0 Å². The quantitative estimate of drug-likeness (QED) is 0.794. The number of rotatable bonds is 6. The Balaban J connectivity index is 2.50. The first kappa shape index (κ1) is 16.4. The Morgan fingerprint density at radius 2 is 1.61 bits per heavy atom. The lowest BCUT2D eigenvalue weighted by Crippen LogP contribution is -2.10. The fraction of sp³-hybridized carbons (Fsp3) is 0.176. The summed E-state index contributed by atoms with van der Waals surface area (Å²) >= 11 is 0. The summed E-state index contributed by atoms with van der Waals surface area (Å²) in [4.78, 5) is 23.7. The normalized spacial score (nSPS) is 10.2. The van der Waals surface area contributed by atoms with Gasteiger partial charge in [0.05, 0.1) is 26.2 Å². The molecule has 6 nitrogen and oxygen atoms in total. The van der Waals surface area contributed by atoms with Crippen molar-refractivity contribution in [2.24, 2.45) is 0 Å². The highest BCUT2D eigenvalue weighted by molar-refractivity contribution is 6.12. The lowest BCUT2D eigenvalue weighted by atomic mass is 9.95. The van der Waals surface area contributed by atoms with Crippen LogP contribution in [-0.2, 0) is 11.2 Å². The van der Waals surface area contributed by atoms with E-state index in [2.05, 4.69) is 0 Å². The molecule has 0 aromatic heterocycles. The highest BCUT2D eigenvalue weighted by atomic mass is 16.5. The molecule has 0 heterocycles. The van der Waals surface area contributed by atoms with Gasteiger partial charge in [-0.25, -0.2) is 0 Å². The van der Waals surface area contributed by atoms with Gasteiger partial charge in [-0.15, -0.1) is 0 Å². The number of carboxylic acid groups (broad SMARTS) is 1. The van der Waals surface area contributed by atoms with Crippen LogP contribution >= 0.6 is 0 Å². The number of carbonyl (C=O) groups is 2. The van der Waals surface area contributed by atoms with Crippen molar-refractivity contribution in [1.29, 1.82) is 0 Å². The highest BCUT2D eigenvalue weighted by Crippen LogP contribution is 2.30. The van der Waals surface area contributed by atoms with E-state index in [-0.39, 0.29) is 22.6 Å². The Morgan fingerprint density at radius 3 is 2.13 bits per heavy atom. The molecular weight excluding hydrogens is 300 g/mol. The van der Waals surface area contributed by atoms with Gasteiger partial charge in [0.15, 0.2) is 5.78 Å². The van der Waals surface area contributed by atoms with Crippen LogP contribution in [0.1, 0.15) is 21.5 Å². The van der Waals surface area contributed by atoms with Gasteiger partial charge in [0.1, 0.15) is 17.2 Å². The molecule has 2 N–H and O–H groups in total. The van der Waals surface area contributed by atoms with Crippen molar-refractivity contribution < 1.29 is 29.3 Å². The third-order valence-corrected chi connectivity index (χ3v) is 3.33. The van der Waals surface area contributed by atoms with Crippen molar-refractivity contribution in [2.45, 2.75) is 6.42 Å². The number of hydrogen-bond donors (Lipinski definition) is 2. The van der Waals surface area contributed by atoms with Crippen LogP contribution in [0.2, 0.25) is 0 Å². The maximum absolute atomic E-state index is 12.6. The summed E-state index contributed by atoms with van der Waals surface area (Å²) in [7, 11) is 2.90. The molecule has 120 valence electrons. The number of methoxy groups -OCH3 is 2. The van der Waals surface area contributed by atoms with Gasteiger partial charge in [0.2, 0.25) is 0 Å². The van der Waals surface area contributed by atoms with Crippen LogP contribution in [0.3, 0.4) is 0 Å². The summed E-state index contributed by atoms with van der Waals surface area (Å²) < 4.78 is 10.0. The second kappa shape index (κ2) is 6.83. The van der Waals surface area contributed by atoms with Gasteiger partial charge in [0.25, 0.3) is 0 Å². The molecule has 2 aromatic rings. The summed E-state index contributed by atoms with van der Waals surface area (Å²) in [6.07, 6.45) is -0.401. The number of phenols is 1. The summed E-state index contributed by atoms with van der Waals surface area (Å²) in [5.74, 6) is -1.02. The SMILES string of the molecule is COc1ccc(C(=O)c2c(O)cc(OC)cc2CC(=O)O)cc1. The molecule has 0 bridgehead atoms. The summed E-state index contributed by atoms with van der Waals surface area (Å²) in [6, 6.07) is 9.05. The fourth-order valence-electron chi connectivity index (χ4n) is 2.23. The van der Waals surface area contributed by atoms with E-state index in [0.717, 1.165) is 0 Å². The maximum Gasteiger partial charge on any atom is 0.307 e. The molecule has 6 heteroatoms. The number of benzene rings is 2. The Labute approximate surface area is 132 Å². The van der Waals surface area contributed by atoms with E-state index >= 15 is 0 Å². The average Bonchev–Trinajstić information content (AvgIpc) is 2.53. The topological polar surface area (TPSA) is 93.1 Å². The molecule has 0 amide bonds. The molecule has 2 rings (SSSR count). The van der Waals surface area contributed by atoms with Gasteiger partial charge in [-0.05, 0) is 35.9 Å². The molecular formula is C17H16O6. The molecule has 2 aromatic carbocycles. The van der Waals surface area contributed by atoms with Crippen LogP contribution in [-0.4, -0.2) is 36.2 Å². The van der Waals surface area contributed by atoms with Crippen molar-refractivity contribution in [3.8, 4) is 17.2 Å². The summed E-state index contributed by atoms with van der Waals surface area (Å²) in [5, 5.41) is 19.1. The molecule has 0 fully saturated rings. The van der Waals surface area contributed by atoms with Crippen LogP contribution in [0, 0.1) is 0 Å². The molecule has 0 saturated carbocycles. The molecule has 0 atom stereocenters. The van der Waals surface area contributed by atoms with E-state index in [1.54, 1.807) is 24.3 Å². The van der Waals surface area contributed by atoms with Gasteiger partial charge < -0.3 is 19.7 Å². The number of hydrogen-bond acceptors (Lipinski definition) is 5. The lowest BCUT2D eigenvalue weighted by Gasteiger charge is -2.12. The van der Waals surface area contributed by atoms with E-state index in [1.807, 2.05) is 0 Å². The van der Waals surface area contributed by atoms with Crippen molar-refractivity contribution in [2.75, 3.05) is 14.2 Å². The monoisotopic (exact) mass is 316 g/mol. The fourth-order valence-corrected chi connectivity index (χ4v) is 2.23. The minimum absolute atomic E-state index is 0.0432. The minimum atomic E-state index is -1.11. The van der Waals surface area contributed by atoms with Gasteiger partial charge in [-0.2, -0.15) is 0 Å². The Hall–Kier alpha value is -3.02. The highest BCUT2D eigenvalue weighted by Gasteiger charge is 2.21. The summed E-state index contributed by atoms with van der Waals surface area (Å²) in [6.45, 7) is 0. The zero-order chi connectivity index (χ0) is 17.0. The third kappa shape index (κ3) is 3.60. The smallest absolute Gasteiger partial charge is 0.307 e. The Bertz CT molecular complexity index is 733. The largest absolute Gasteiger partial charge is 0.507 e. The van der Waals surface area contributed by atoms with E-state index in [0.29, 0.717) is 11.3 Å². The zero-order valence-corrected chi connectivity index (χ0v) is 12.7. The number of phenolic OH excluding ortho intramolecular Hbond substituents is 1. The number of aliphatic carboxylic acids is 1. The van der Waals surface area contributed by atoms with Crippen molar-refractivity contribution in [3.63, 3.8) is 0 Å². The molecule has 0 aliphatic carbocycles. The zero-order valence-electron chi connectivity index (χ0n) is 12.7. The van der Waals surface area contributed by atoms with E-state index in [1.165, 1.54) is 26.4 Å². The number of carboxylic acids is 1. The number of ether oxygens (including phenoxy) is 2. The lowest BCUT2D eigenvalue weighted by molar-refractivity contribution is -0.136. The molecule has 0 aliphatic rings. The second-order valence-electron chi connectivity index (χ2n) is 4.81. The van der Waals surface area contributed by atoms with Crippen molar-refractivity contribution in [3.05, 3.63) is 53.1 Å². The van der Waals surface area contributed by atoms with Crippen LogP contribution in [0.15, 0.2) is 36.4 Å². The molecule has 0 spiro atoms. The molecule has 0 radical (unpaired) electrons. The first-order valence-corrected chi connectivity index (χ1v) is 6.76. The van der Waals surface area contributed by atoms with Crippen LogP contribution < -0.4 is 9.47 Å². The third-order valence-electron chi connectivity index (χ3n) is 3.33. The van der Waals surface area contributed by atoms with Crippen LogP contribution in [0.25, 0.3) is 0 Å². The van der Waals surface area contributed by atoms with E-state index in [9.17, 15) is 14.7 Å². The molecule has 0 unspecified atom stereocenters. The number of ketones is 1. The van der Waals surface area contributed by atoms with Crippen LogP contribution in [0.5, 0.6) is 17.2 Å². The Kier molecular flexibility index (Phi) is 4.85. The minimum Gasteiger partial charge on any atom is -0.507 e. The maximum atomic E-state index is 12.6. The molecule has 0 saturated heterocycles. The first-order chi connectivity index (χ1) is 11.0. The predicted molar refractivity (Wildman–Crippen MR) is 82.4 cm³/mol. The Morgan fingerprint density at radius 1 is 1.00 bits per heavy atom. The molecule has 23 heavy (non-hydrogen) atoms. The van der Waals surface area contributed by atoms with E-state index in [4.69, 9.17) is 14.6 Å². The number of aromatic hydroxyl groups is 1. The average molecular weight is 316 g/mol. The summed E-state index contributed by atoms with van der Waals surface area (Å²) in [5.41, 5.74) is 0.464. The van der Waals surface area contributed by atoms with E-state index < -0.39 is 18.2 Å². The molecule has 0 aliphatic heterocycles. The van der Waals surface area contributed by atoms with Crippen molar-refractivity contribution >= 4 is 11.8 Å². The second-order valence-corrected chi connectivity index (χ2v) is 4.81. The van der Waals surface area contributed by atoms with Gasteiger partial charge >= 0.3 is 5.97 Å². The standard InChI is InChI=1S/C17H16O6/c1-22-12-5-3-10(4-6-12)17(21)16-11(8-15(19)20)7-13(23-2)9-14(16)18/h3-7,9,18H,8H2,1-2H3,(H,19,20). The number of carbonyl (C=O) groups excluding carboxylic acids is 1. The van der Waals surface area contributed by atoms with Gasteiger partial charge in [0, 0.05) is 11.6 Å². The van der Waals surface area contributed by atoms with Gasteiger partial charge in [-0.3, -0.25) is 9.59 Å². The first-order valence-electron chi connectivity index (χ1n) is 6.76. The predicted octanol–water partition coefficient (Wildman–Crippen LogP) is 2.27. The van der Waals surface area contributed by atoms with Crippen molar-refractivity contribution in [1.82, 2.24) is 0 Å². The van der Waals surface area contributed by atoms with Crippen LogP contribution in [0.4, 0.5) is 0 Å².